The molecule has 1 aliphatic heterocycles. The van der Waals surface area contributed by atoms with Crippen LogP contribution in [0.4, 0.5) is 5.69 Å². The quantitative estimate of drug-likeness (QED) is 0.603. The van der Waals surface area contributed by atoms with Crippen molar-refractivity contribution in [3.63, 3.8) is 0 Å². The second kappa shape index (κ2) is 7.51. The average Bonchev–Trinajstić information content (AvgIpc) is 2.85. The van der Waals surface area contributed by atoms with E-state index >= 15 is 0 Å². The van der Waals surface area contributed by atoms with Gasteiger partial charge in [-0.2, -0.15) is 5.10 Å². The molecular formula is C17H22ClN5O2. The molecule has 2 aromatic rings. The van der Waals surface area contributed by atoms with Crippen LogP contribution in [0.5, 0.6) is 0 Å². The van der Waals surface area contributed by atoms with Gasteiger partial charge in [-0.1, -0.05) is 23.7 Å². The van der Waals surface area contributed by atoms with E-state index in [0.29, 0.717) is 18.1 Å². The fourth-order valence-corrected chi connectivity index (χ4v) is 3.34. The first-order chi connectivity index (χ1) is 11.9. The van der Waals surface area contributed by atoms with Crippen molar-refractivity contribution in [2.45, 2.75) is 27.1 Å². The van der Waals surface area contributed by atoms with Gasteiger partial charge in [0.15, 0.2) is 0 Å². The van der Waals surface area contributed by atoms with E-state index in [2.05, 4.69) is 27.0 Å². The zero-order valence-corrected chi connectivity index (χ0v) is 15.2. The van der Waals surface area contributed by atoms with Gasteiger partial charge in [-0.15, -0.1) is 0 Å². The van der Waals surface area contributed by atoms with Crippen LogP contribution in [-0.2, 0) is 13.2 Å². The predicted molar refractivity (Wildman–Crippen MR) is 96.7 cm³/mol. The molecule has 0 aliphatic carbocycles. The molecule has 0 atom stereocenters. The summed E-state index contributed by atoms with van der Waals surface area (Å²) in [6, 6.07) is 7.96. The second-order valence-corrected chi connectivity index (χ2v) is 6.87. The van der Waals surface area contributed by atoms with Crippen molar-refractivity contribution in [3.05, 3.63) is 56.4 Å². The largest absolute Gasteiger partial charge is 0.312 e. The molecule has 0 amide bonds. The van der Waals surface area contributed by atoms with Crippen molar-refractivity contribution >= 4 is 17.3 Å². The van der Waals surface area contributed by atoms with Crippen molar-refractivity contribution in [3.8, 4) is 0 Å². The van der Waals surface area contributed by atoms with Crippen LogP contribution in [0, 0.1) is 24.0 Å². The summed E-state index contributed by atoms with van der Waals surface area (Å²) in [5, 5.41) is 16.2. The summed E-state index contributed by atoms with van der Waals surface area (Å²) < 4.78 is 1.74. The van der Waals surface area contributed by atoms with Gasteiger partial charge in [0.1, 0.15) is 11.4 Å². The summed E-state index contributed by atoms with van der Waals surface area (Å²) in [7, 11) is 0. The fraction of sp³-hybridized carbons (Fsp3) is 0.471. The number of halogens is 1. The van der Waals surface area contributed by atoms with Crippen molar-refractivity contribution < 1.29 is 4.92 Å². The molecule has 1 saturated heterocycles. The highest BCUT2D eigenvalue weighted by Crippen LogP contribution is 2.22. The average molecular weight is 364 g/mol. The molecule has 8 heteroatoms. The van der Waals surface area contributed by atoms with E-state index in [9.17, 15) is 10.1 Å². The molecule has 1 aliphatic rings. The predicted octanol–water partition coefficient (Wildman–Crippen LogP) is 2.84. The molecule has 3 rings (SSSR count). The van der Waals surface area contributed by atoms with E-state index in [-0.39, 0.29) is 10.6 Å². The molecule has 1 aromatic heterocycles. The molecule has 25 heavy (non-hydrogen) atoms. The molecular weight excluding hydrogens is 342 g/mol. The van der Waals surface area contributed by atoms with E-state index in [4.69, 9.17) is 11.6 Å². The van der Waals surface area contributed by atoms with Crippen molar-refractivity contribution in [2.24, 2.45) is 0 Å². The summed E-state index contributed by atoms with van der Waals surface area (Å²) in [5.74, 6) is 0. The highest BCUT2D eigenvalue weighted by molar-refractivity contribution is 6.30. The molecule has 7 nitrogen and oxygen atoms in total. The molecule has 0 radical (unpaired) electrons. The van der Waals surface area contributed by atoms with E-state index in [0.717, 1.165) is 37.7 Å². The number of benzene rings is 1. The van der Waals surface area contributed by atoms with Gasteiger partial charge in [-0.05, 0) is 31.5 Å². The Morgan fingerprint density at radius 3 is 2.28 bits per heavy atom. The zero-order chi connectivity index (χ0) is 18.0. The summed E-state index contributed by atoms with van der Waals surface area (Å²) in [6.45, 7) is 8.71. The van der Waals surface area contributed by atoms with Gasteiger partial charge in [0.2, 0.25) is 0 Å². The Morgan fingerprint density at radius 1 is 1.12 bits per heavy atom. The minimum atomic E-state index is -0.349. The minimum Gasteiger partial charge on any atom is -0.297 e. The van der Waals surface area contributed by atoms with Gasteiger partial charge in [-0.25, -0.2) is 4.68 Å². The standard InChI is InChI=1S/C17H22ClN5O2/c1-13-17(23(24)25)14(2)22(19-13)12-21-9-7-20(8-10-21)11-15-3-5-16(18)6-4-15/h3-6H,7-12H2,1-2H3. The maximum atomic E-state index is 11.1. The van der Waals surface area contributed by atoms with Crippen molar-refractivity contribution in [1.82, 2.24) is 19.6 Å². The third-order valence-electron chi connectivity index (χ3n) is 4.64. The Labute approximate surface area is 151 Å². The number of nitro groups is 1. The van der Waals surface area contributed by atoms with Crippen LogP contribution < -0.4 is 0 Å². The lowest BCUT2D eigenvalue weighted by atomic mass is 10.2. The molecule has 1 fully saturated rings. The Kier molecular flexibility index (Phi) is 5.36. The first-order valence-electron chi connectivity index (χ1n) is 8.31. The summed E-state index contributed by atoms with van der Waals surface area (Å²) in [5.41, 5.74) is 2.48. The van der Waals surface area contributed by atoms with E-state index in [1.165, 1.54) is 5.56 Å². The third kappa shape index (κ3) is 4.18. The SMILES string of the molecule is Cc1nn(CN2CCN(Cc3ccc(Cl)cc3)CC2)c(C)c1[N+](=O)[O-]. The van der Waals surface area contributed by atoms with Crippen LogP contribution in [0.25, 0.3) is 0 Å². The van der Waals surface area contributed by atoms with E-state index < -0.39 is 0 Å². The normalized spacial score (nSPS) is 16.3. The van der Waals surface area contributed by atoms with Crippen LogP contribution >= 0.6 is 11.6 Å². The van der Waals surface area contributed by atoms with Crippen LogP contribution in [0.3, 0.4) is 0 Å². The number of aryl methyl sites for hydroxylation is 1. The summed E-state index contributed by atoms with van der Waals surface area (Å²) in [4.78, 5) is 15.4. The minimum absolute atomic E-state index is 0.126. The van der Waals surface area contributed by atoms with Crippen LogP contribution in [0.2, 0.25) is 5.02 Å². The highest BCUT2D eigenvalue weighted by Gasteiger charge is 2.24. The Hall–Kier alpha value is -1.96. The van der Waals surface area contributed by atoms with Crippen LogP contribution in [0.1, 0.15) is 17.0 Å². The maximum Gasteiger partial charge on any atom is 0.312 e. The van der Waals surface area contributed by atoms with E-state index in [1.54, 1.807) is 18.5 Å². The van der Waals surface area contributed by atoms with Gasteiger partial charge >= 0.3 is 5.69 Å². The second-order valence-electron chi connectivity index (χ2n) is 6.44. The topological polar surface area (TPSA) is 67.4 Å². The Morgan fingerprint density at radius 2 is 1.72 bits per heavy atom. The van der Waals surface area contributed by atoms with Gasteiger partial charge < -0.3 is 0 Å². The molecule has 0 bridgehead atoms. The van der Waals surface area contributed by atoms with Gasteiger partial charge in [0.25, 0.3) is 0 Å². The molecule has 2 heterocycles. The van der Waals surface area contributed by atoms with Crippen LogP contribution in [0.15, 0.2) is 24.3 Å². The summed E-state index contributed by atoms with van der Waals surface area (Å²) >= 11 is 5.93. The van der Waals surface area contributed by atoms with E-state index in [1.807, 2.05) is 12.1 Å². The first kappa shape index (κ1) is 17.8. The molecule has 0 unspecified atom stereocenters. The Bertz CT molecular complexity index is 751. The monoisotopic (exact) mass is 363 g/mol. The molecule has 0 spiro atoms. The zero-order valence-electron chi connectivity index (χ0n) is 14.5. The number of rotatable bonds is 5. The molecule has 0 saturated carbocycles. The van der Waals surface area contributed by atoms with Gasteiger partial charge in [0.05, 0.1) is 11.6 Å². The number of aromatic nitrogens is 2. The fourth-order valence-electron chi connectivity index (χ4n) is 3.22. The Balaban J connectivity index is 1.55. The van der Waals surface area contributed by atoms with Gasteiger partial charge in [-0.3, -0.25) is 19.9 Å². The van der Waals surface area contributed by atoms with Gasteiger partial charge in [0, 0.05) is 37.7 Å². The first-order valence-corrected chi connectivity index (χ1v) is 8.69. The highest BCUT2D eigenvalue weighted by atomic mass is 35.5. The smallest absolute Gasteiger partial charge is 0.297 e. The summed E-state index contributed by atoms with van der Waals surface area (Å²) in [6.07, 6.45) is 0. The lowest BCUT2D eigenvalue weighted by Gasteiger charge is -2.34. The van der Waals surface area contributed by atoms with Crippen molar-refractivity contribution in [1.29, 1.82) is 0 Å². The molecule has 1 aromatic carbocycles. The lowest BCUT2D eigenvalue weighted by Crippen LogP contribution is -2.46. The van der Waals surface area contributed by atoms with Crippen LogP contribution in [-0.4, -0.2) is 50.7 Å². The number of hydrogen-bond acceptors (Lipinski definition) is 5. The number of hydrogen-bond donors (Lipinski definition) is 0. The molecule has 0 N–H and O–H groups in total. The van der Waals surface area contributed by atoms with Crippen molar-refractivity contribution in [2.75, 3.05) is 26.2 Å². The molecule has 134 valence electrons. The number of piperazine rings is 1. The maximum absolute atomic E-state index is 11.1. The lowest BCUT2D eigenvalue weighted by molar-refractivity contribution is -0.386. The number of nitrogens with zero attached hydrogens (tertiary/aromatic N) is 5. The third-order valence-corrected chi connectivity index (χ3v) is 4.90.